The fraction of sp³-hybridized carbons (Fsp3) is 0.545. The van der Waals surface area contributed by atoms with Crippen molar-refractivity contribution in [1.82, 2.24) is 10.2 Å². The largest absolute Gasteiger partial charge is 0.309 e. The second-order valence-electron chi connectivity index (χ2n) is 4.26. The molecule has 0 bridgehead atoms. The number of anilines is 1. The molecule has 1 unspecified atom stereocenters. The van der Waals surface area contributed by atoms with Crippen LogP contribution in [-0.2, 0) is 4.79 Å². The molecule has 1 amide bonds. The fourth-order valence-corrected chi connectivity index (χ4v) is 1.55. The minimum absolute atomic E-state index is 0.0301. The van der Waals surface area contributed by atoms with Crippen LogP contribution in [0.5, 0.6) is 0 Å². The Hall–Kier alpha value is -1.16. The molecule has 1 heterocycles. The smallest absolute Gasteiger partial charge is 0.228 e. The van der Waals surface area contributed by atoms with Gasteiger partial charge in [0.2, 0.25) is 5.91 Å². The highest BCUT2D eigenvalue weighted by Gasteiger charge is 2.14. The van der Waals surface area contributed by atoms with Crippen molar-refractivity contribution in [2.45, 2.75) is 27.2 Å². The fourth-order valence-electron chi connectivity index (χ4n) is 1.45. The van der Waals surface area contributed by atoms with Gasteiger partial charge in [-0.1, -0.05) is 32.4 Å². The Balaban J connectivity index is 2.54. The maximum Gasteiger partial charge on any atom is 0.228 e. The summed E-state index contributed by atoms with van der Waals surface area (Å²) in [5.41, 5.74) is 0. The van der Waals surface area contributed by atoms with E-state index < -0.39 is 0 Å². The highest BCUT2D eigenvalue weighted by molar-refractivity contribution is 6.29. The molecular weight excluding hydrogens is 226 g/mol. The summed E-state index contributed by atoms with van der Waals surface area (Å²) in [5, 5.41) is 10.4. The maximum absolute atomic E-state index is 11.7. The summed E-state index contributed by atoms with van der Waals surface area (Å²) in [4.78, 5) is 11.7. The van der Waals surface area contributed by atoms with E-state index >= 15 is 0 Å². The van der Waals surface area contributed by atoms with Crippen LogP contribution in [0.4, 0.5) is 5.82 Å². The molecule has 1 atom stereocenters. The summed E-state index contributed by atoms with van der Waals surface area (Å²) in [7, 11) is 0. The van der Waals surface area contributed by atoms with Gasteiger partial charge in [0.15, 0.2) is 11.0 Å². The predicted octanol–water partition coefficient (Wildman–Crippen LogP) is 2.75. The van der Waals surface area contributed by atoms with Crippen molar-refractivity contribution in [1.29, 1.82) is 0 Å². The Bertz CT molecular complexity index is 351. The van der Waals surface area contributed by atoms with Gasteiger partial charge in [0.05, 0.1) is 0 Å². The minimum atomic E-state index is -0.0367. The van der Waals surface area contributed by atoms with Gasteiger partial charge in [0, 0.05) is 5.92 Å². The third-order valence-electron chi connectivity index (χ3n) is 2.16. The topological polar surface area (TPSA) is 54.9 Å². The Labute approximate surface area is 100 Å². The van der Waals surface area contributed by atoms with Crippen LogP contribution in [0.25, 0.3) is 0 Å². The first-order valence-electron chi connectivity index (χ1n) is 5.29. The van der Waals surface area contributed by atoms with Crippen molar-refractivity contribution in [2.24, 2.45) is 11.8 Å². The Morgan fingerprint density at radius 3 is 2.56 bits per heavy atom. The molecule has 16 heavy (non-hydrogen) atoms. The highest BCUT2D eigenvalue weighted by Crippen LogP contribution is 2.13. The predicted molar refractivity (Wildman–Crippen MR) is 64.3 cm³/mol. The third kappa shape index (κ3) is 4.14. The number of carbonyl (C=O) groups excluding carboxylic acids is 1. The Kier molecular flexibility index (Phi) is 4.68. The minimum Gasteiger partial charge on any atom is -0.309 e. The summed E-state index contributed by atoms with van der Waals surface area (Å²) >= 11 is 5.59. The zero-order chi connectivity index (χ0) is 12.1. The molecule has 1 aromatic rings. The van der Waals surface area contributed by atoms with Crippen LogP contribution in [-0.4, -0.2) is 16.1 Å². The molecule has 0 aliphatic carbocycles. The van der Waals surface area contributed by atoms with Gasteiger partial charge < -0.3 is 5.32 Å². The normalized spacial score (nSPS) is 12.6. The number of hydrogen-bond donors (Lipinski definition) is 1. The lowest BCUT2D eigenvalue weighted by Gasteiger charge is -2.13. The molecule has 1 N–H and O–H groups in total. The van der Waals surface area contributed by atoms with Crippen molar-refractivity contribution in [3.8, 4) is 0 Å². The average Bonchev–Trinajstić information content (AvgIpc) is 2.20. The molecular formula is C11H16ClN3O. The number of rotatable bonds is 4. The highest BCUT2D eigenvalue weighted by atomic mass is 35.5. The number of hydrogen-bond acceptors (Lipinski definition) is 3. The van der Waals surface area contributed by atoms with Crippen molar-refractivity contribution < 1.29 is 4.79 Å². The first kappa shape index (κ1) is 12.9. The van der Waals surface area contributed by atoms with E-state index in [0.717, 1.165) is 6.42 Å². The van der Waals surface area contributed by atoms with E-state index in [1.807, 2.05) is 6.92 Å². The first-order valence-corrected chi connectivity index (χ1v) is 5.67. The molecule has 0 saturated heterocycles. The number of nitrogens with one attached hydrogen (secondary N) is 1. The van der Waals surface area contributed by atoms with E-state index in [9.17, 15) is 4.79 Å². The van der Waals surface area contributed by atoms with Crippen molar-refractivity contribution in [2.75, 3.05) is 5.32 Å². The summed E-state index contributed by atoms with van der Waals surface area (Å²) in [6, 6.07) is 3.23. The summed E-state index contributed by atoms with van der Waals surface area (Å²) < 4.78 is 0. The van der Waals surface area contributed by atoms with Crippen LogP contribution < -0.4 is 5.32 Å². The molecule has 0 radical (unpaired) electrons. The van der Waals surface area contributed by atoms with Crippen molar-refractivity contribution in [3.63, 3.8) is 0 Å². The Morgan fingerprint density at radius 2 is 2.06 bits per heavy atom. The molecule has 88 valence electrons. The maximum atomic E-state index is 11.7. The van der Waals surface area contributed by atoms with Gasteiger partial charge in [0.1, 0.15) is 0 Å². The van der Waals surface area contributed by atoms with E-state index in [-0.39, 0.29) is 11.8 Å². The molecule has 0 spiro atoms. The number of carbonyl (C=O) groups is 1. The molecule has 4 nitrogen and oxygen atoms in total. The van der Waals surface area contributed by atoms with Gasteiger partial charge in [-0.3, -0.25) is 4.79 Å². The molecule has 1 aromatic heterocycles. The second kappa shape index (κ2) is 5.80. The average molecular weight is 242 g/mol. The van der Waals surface area contributed by atoms with Crippen LogP contribution in [0, 0.1) is 11.8 Å². The van der Waals surface area contributed by atoms with Gasteiger partial charge >= 0.3 is 0 Å². The van der Waals surface area contributed by atoms with Gasteiger partial charge in [-0.15, -0.1) is 10.2 Å². The lowest BCUT2D eigenvalue weighted by molar-refractivity contribution is -0.119. The number of aromatic nitrogens is 2. The summed E-state index contributed by atoms with van der Waals surface area (Å²) in [6.45, 7) is 6.08. The van der Waals surface area contributed by atoms with Crippen LogP contribution >= 0.6 is 11.6 Å². The lowest BCUT2D eigenvalue weighted by Crippen LogP contribution is -2.22. The van der Waals surface area contributed by atoms with Gasteiger partial charge in [-0.05, 0) is 24.5 Å². The summed E-state index contributed by atoms with van der Waals surface area (Å²) in [6.07, 6.45) is 0.854. The third-order valence-corrected chi connectivity index (χ3v) is 2.36. The van der Waals surface area contributed by atoms with E-state index in [1.54, 1.807) is 12.1 Å². The molecule has 0 saturated carbocycles. The van der Waals surface area contributed by atoms with Crippen LogP contribution in [0.3, 0.4) is 0 Å². The van der Waals surface area contributed by atoms with Crippen molar-refractivity contribution >= 4 is 23.3 Å². The standard InChI is InChI=1S/C11H16ClN3O/c1-7(2)6-8(3)11(16)13-10-5-4-9(12)14-15-10/h4-5,7-8H,6H2,1-3H3,(H,13,15,16). The molecule has 0 aliphatic rings. The SMILES string of the molecule is CC(C)CC(C)C(=O)Nc1ccc(Cl)nn1. The van der Waals surface area contributed by atoms with Gasteiger partial charge in [0.25, 0.3) is 0 Å². The van der Waals surface area contributed by atoms with Gasteiger partial charge in [-0.25, -0.2) is 0 Å². The monoisotopic (exact) mass is 241 g/mol. The molecule has 1 rings (SSSR count). The van der Waals surface area contributed by atoms with Crippen LogP contribution in [0.1, 0.15) is 27.2 Å². The number of nitrogens with zero attached hydrogens (tertiary/aromatic N) is 2. The van der Waals surface area contributed by atoms with Crippen LogP contribution in [0.2, 0.25) is 5.15 Å². The zero-order valence-electron chi connectivity index (χ0n) is 9.70. The molecule has 0 aliphatic heterocycles. The van der Waals surface area contributed by atoms with Crippen LogP contribution in [0.15, 0.2) is 12.1 Å². The molecule has 0 aromatic carbocycles. The van der Waals surface area contributed by atoms with Gasteiger partial charge in [-0.2, -0.15) is 0 Å². The lowest BCUT2D eigenvalue weighted by atomic mass is 9.98. The van der Waals surface area contributed by atoms with E-state index in [0.29, 0.717) is 16.9 Å². The van der Waals surface area contributed by atoms with E-state index in [4.69, 9.17) is 11.6 Å². The Morgan fingerprint density at radius 1 is 1.38 bits per heavy atom. The quantitative estimate of drug-likeness (QED) is 0.882. The number of amides is 1. The molecule has 5 heteroatoms. The van der Waals surface area contributed by atoms with Crippen molar-refractivity contribution in [3.05, 3.63) is 17.3 Å². The second-order valence-corrected chi connectivity index (χ2v) is 4.65. The number of halogens is 1. The zero-order valence-corrected chi connectivity index (χ0v) is 10.5. The molecule has 0 fully saturated rings. The summed E-state index contributed by atoms with van der Waals surface area (Å²) in [5.74, 6) is 0.866. The van der Waals surface area contributed by atoms with E-state index in [1.165, 1.54) is 0 Å². The van der Waals surface area contributed by atoms with E-state index in [2.05, 4.69) is 29.4 Å². The first-order chi connectivity index (χ1) is 7.49.